The Morgan fingerprint density at radius 1 is 1.15 bits per heavy atom. The zero-order chi connectivity index (χ0) is 17.9. The number of hydrogen-bond donors (Lipinski definition) is 0. The maximum atomic E-state index is 12.6. The predicted octanol–water partition coefficient (Wildman–Crippen LogP) is 4.45. The molecule has 0 aliphatic carbocycles. The number of thiophene rings is 1. The number of piperidine rings is 1. The molecule has 4 rings (SSSR count). The standard InChI is InChI=1S/C20H21N3O2S/c1-14(19-21-22-20(25-19)17-8-5-13-26-17)23-11-9-16(10-12-23)18(24)15-6-3-2-4-7-15/h2-8,13-14,16H,9-12H2,1H3/t14-/m0/s1. The lowest BCUT2D eigenvalue weighted by Crippen LogP contribution is -2.38. The van der Waals surface area contributed by atoms with Crippen LogP contribution in [0.15, 0.2) is 52.3 Å². The number of carbonyl (C=O) groups excluding carboxylic acids is 1. The highest BCUT2D eigenvalue weighted by molar-refractivity contribution is 7.13. The zero-order valence-electron chi connectivity index (χ0n) is 14.7. The molecule has 3 aromatic rings. The van der Waals surface area contributed by atoms with Crippen LogP contribution in [0.1, 0.15) is 42.1 Å². The number of likely N-dealkylation sites (tertiary alicyclic amines) is 1. The summed E-state index contributed by atoms with van der Waals surface area (Å²) in [7, 11) is 0. The molecule has 0 amide bonds. The molecule has 0 spiro atoms. The highest BCUT2D eigenvalue weighted by Gasteiger charge is 2.30. The van der Waals surface area contributed by atoms with E-state index in [1.54, 1.807) is 11.3 Å². The van der Waals surface area contributed by atoms with Crippen LogP contribution in [0.3, 0.4) is 0 Å². The molecule has 0 saturated carbocycles. The van der Waals surface area contributed by atoms with Crippen LogP contribution in [-0.2, 0) is 0 Å². The van der Waals surface area contributed by atoms with Crippen LogP contribution in [-0.4, -0.2) is 34.0 Å². The van der Waals surface area contributed by atoms with Crippen LogP contribution in [0.5, 0.6) is 0 Å². The van der Waals surface area contributed by atoms with E-state index in [-0.39, 0.29) is 17.7 Å². The largest absolute Gasteiger partial charge is 0.418 e. The van der Waals surface area contributed by atoms with E-state index < -0.39 is 0 Å². The highest BCUT2D eigenvalue weighted by atomic mass is 32.1. The Morgan fingerprint density at radius 3 is 2.62 bits per heavy atom. The molecule has 6 heteroatoms. The third-order valence-corrected chi connectivity index (χ3v) is 5.89. The van der Waals surface area contributed by atoms with Gasteiger partial charge in [-0.05, 0) is 44.3 Å². The van der Waals surface area contributed by atoms with Gasteiger partial charge in [-0.2, -0.15) is 0 Å². The van der Waals surface area contributed by atoms with Crippen LogP contribution in [0.2, 0.25) is 0 Å². The third kappa shape index (κ3) is 3.48. The summed E-state index contributed by atoms with van der Waals surface area (Å²) in [5.41, 5.74) is 0.816. The molecule has 1 aliphatic rings. The second kappa shape index (κ2) is 7.51. The van der Waals surface area contributed by atoms with E-state index >= 15 is 0 Å². The van der Waals surface area contributed by atoms with E-state index in [0.29, 0.717) is 11.8 Å². The van der Waals surface area contributed by atoms with Crippen LogP contribution in [0.25, 0.3) is 10.8 Å². The van der Waals surface area contributed by atoms with Gasteiger partial charge in [0.2, 0.25) is 5.89 Å². The molecule has 0 radical (unpaired) electrons. The van der Waals surface area contributed by atoms with Crippen molar-refractivity contribution in [3.8, 4) is 10.8 Å². The summed E-state index contributed by atoms with van der Waals surface area (Å²) < 4.78 is 5.87. The average molecular weight is 367 g/mol. The summed E-state index contributed by atoms with van der Waals surface area (Å²) in [5.74, 6) is 1.58. The number of Topliss-reactive ketones (excluding diaryl/α,β-unsaturated/α-hetero) is 1. The first kappa shape index (κ1) is 17.1. The van der Waals surface area contributed by atoms with Gasteiger partial charge in [0.25, 0.3) is 5.89 Å². The summed E-state index contributed by atoms with van der Waals surface area (Å²) in [5, 5.41) is 10.4. The first-order valence-corrected chi connectivity index (χ1v) is 9.81. The Hall–Kier alpha value is -2.31. The maximum absolute atomic E-state index is 12.6. The Bertz CT molecular complexity index is 852. The van der Waals surface area contributed by atoms with Crippen LogP contribution in [0.4, 0.5) is 0 Å². The van der Waals surface area contributed by atoms with Crippen molar-refractivity contribution in [3.05, 3.63) is 59.3 Å². The molecule has 0 N–H and O–H groups in total. The fraction of sp³-hybridized carbons (Fsp3) is 0.350. The van der Waals surface area contributed by atoms with Crippen LogP contribution in [0, 0.1) is 5.92 Å². The maximum Gasteiger partial charge on any atom is 0.257 e. The normalized spacial score (nSPS) is 17.3. The van der Waals surface area contributed by atoms with Gasteiger partial charge in [-0.15, -0.1) is 21.5 Å². The summed E-state index contributed by atoms with van der Waals surface area (Å²) in [6.45, 7) is 3.81. The predicted molar refractivity (Wildman–Crippen MR) is 101 cm³/mol. The first-order chi connectivity index (χ1) is 12.7. The molecule has 1 atom stereocenters. The number of hydrogen-bond acceptors (Lipinski definition) is 6. The summed E-state index contributed by atoms with van der Waals surface area (Å²) >= 11 is 1.59. The monoisotopic (exact) mass is 367 g/mol. The van der Waals surface area contributed by atoms with E-state index in [4.69, 9.17) is 4.42 Å². The molecule has 0 unspecified atom stereocenters. The Balaban J connectivity index is 1.38. The molecule has 2 aromatic heterocycles. The first-order valence-electron chi connectivity index (χ1n) is 8.93. The number of nitrogens with zero attached hydrogens (tertiary/aromatic N) is 3. The van der Waals surface area contributed by atoms with Gasteiger partial charge in [0.15, 0.2) is 5.78 Å². The molecule has 5 nitrogen and oxygen atoms in total. The van der Waals surface area contributed by atoms with E-state index in [9.17, 15) is 4.79 Å². The van der Waals surface area contributed by atoms with Gasteiger partial charge in [-0.25, -0.2) is 0 Å². The van der Waals surface area contributed by atoms with Gasteiger partial charge in [-0.1, -0.05) is 36.4 Å². The van der Waals surface area contributed by atoms with Crippen molar-refractivity contribution in [1.29, 1.82) is 0 Å². The van der Waals surface area contributed by atoms with Crippen molar-refractivity contribution < 1.29 is 9.21 Å². The van der Waals surface area contributed by atoms with Crippen molar-refractivity contribution in [2.24, 2.45) is 5.92 Å². The van der Waals surface area contributed by atoms with Crippen molar-refractivity contribution in [2.45, 2.75) is 25.8 Å². The molecule has 3 heterocycles. The third-order valence-electron chi connectivity index (χ3n) is 5.04. The fourth-order valence-corrected chi connectivity index (χ4v) is 4.09. The number of carbonyl (C=O) groups is 1. The van der Waals surface area contributed by atoms with E-state index in [2.05, 4.69) is 22.0 Å². The molecule has 1 aromatic carbocycles. The minimum Gasteiger partial charge on any atom is -0.418 e. The summed E-state index contributed by atoms with van der Waals surface area (Å²) in [6, 6.07) is 13.6. The lowest BCUT2D eigenvalue weighted by Gasteiger charge is -2.34. The van der Waals surface area contributed by atoms with Crippen LogP contribution >= 0.6 is 11.3 Å². The summed E-state index contributed by atoms with van der Waals surface area (Å²) in [4.78, 5) is 15.9. The second-order valence-electron chi connectivity index (χ2n) is 6.64. The molecular weight excluding hydrogens is 346 g/mol. The Morgan fingerprint density at radius 2 is 1.92 bits per heavy atom. The molecule has 134 valence electrons. The van der Waals surface area contributed by atoms with Gasteiger partial charge in [0.05, 0.1) is 10.9 Å². The fourth-order valence-electron chi connectivity index (χ4n) is 3.45. The Labute approximate surface area is 156 Å². The van der Waals surface area contributed by atoms with Gasteiger partial charge >= 0.3 is 0 Å². The average Bonchev–Trinajstić information content (AvgIpc) is 3.39. The van der Waals surface area contributed by atoms with E-state index in [1.807, 2.05) is 47.8 Å². The number of rotatable bonds is 5. The van der Waals surface area contributed by atoms with Crippen LogP contribution < -0.4 is 0 Å². The van der Waals surface area contributed by atoms with E-state index in [0.717, 1.165) is 36.4 Å². The van der Waals surface area contributed by atoms with Crippen molar-refractivity contribution in [3.63, 3.8) is 0 Å². The van der Waals surface area contributed by atoms with Crippen molar-refractivity contribution >= 4 is 17.1 Å². The number of ketones is 1. The molecule has 1 aliphatic heterocycles. The zero-order valence-corrected chi connectivity index (χ0v) is 15.5. The topological polar surface area (TPSA) is 59.2 Å². The molecule has 1 saturated heterocycles. The quantitative estimate of drug-likeness (QED) is 0.623. The van der Waals surface area contributed by atoms with Crippen molar-refractivity contribution in [1.82, 2.24) is 15.1 Å². The molecular formula is C20H21N3O2S. The smallest absolute Gasteiger partial charge is 0.257 e. The lowest BCUT2D eigenvalue weighted by atomic mass is 9.88. The Kier molecular flexibility index (Phi) is 4.95. The van der Waals surface area contributed by atoms with Crippen molar-refractivity contribution in [2.75, 3.05) is 13.1 Å². The highest BCUT2D eigenvalue weighted by Crippen LogP contribution is 2.30. The van der Waals surface area contributed by atoms with Gasteiger partial charge in [-0.3, -0.25) is 9.69 Å². The number of benzene rings is 1. The van der Waals surface area contributed by atoms with Gasteiger partial charge < -0.3 is 4.42 Å². The molecule has 0 bridgehead atoms. The number of aromatic nitrogens is 2. The summed E-state index contributed by atoms with van der Waals surface area (Å²) in [6.07, 6.45) is 1.73. The molecule has 1 fully saturated rings. The lowest BCUT2D eigenvalue weighted by molar-refractivity contribution is 0.0782. The minimum absolute atomic E-state index is 0.0592. The van der Waals surface area contributed by atoms with Gasteiger partial charge in [0, 0.05) is 11.5 Å². The SMILES string of the molecule is C[C@@H](c1nnc(-c2cccs2)o1)N1CCC(C(=O)c2ccccc2)CC1. The molecule has 26 heavy (non-hydrogen) atoms. The minimum atomic E-state index is 0.0592. The van der Waals surface area contributed by atoms with Gasteiger partial charge in [0.1, 0.15) is 0 Å². The van der Waals surface area contributed by atoms with E-state index in [1.165, 1.54) is 0 Å². The second-order valence-corrected chi connectivity index (χ2v) is 7.59.